The van der Waals surface area contributed by atoms with Crippen LogP contribution in [0.4, 0.5) is 0 Å². The third kappa shape index (κ3) is 4.91. The molecule has 1 aliphatic heterocycles. The van der Waals surface area contributed by atoms with E-state index in [-0.39, 0.29) is 18.1 Å². The van der Waals surface area contributed by atoms with E-state index >= 15 is 0 Å². The summed E-state index contributed by atoms with van der Waals surface area (Å²) in [5, 5.41) is 13.3. The minimum atomic E-state index is -0.501. The number of nitrogens with zero attached hydrogens (tertiary/aromatic N) is 1. The molecule has 0 spiro atoms. The Morgan fingerprint density at radius 1 is 1.48 bits per heavy atom. The van der Waals surface area contributed by atoms with E-state index in [1.165, 1.54) is 0 Å². The maximum Gasteiger partial charge on any atom is 0.316 e. The van der Waals surface area contributed by atoms with Crippen LogP contribution >= 0.6 is 35.0 Å². The summed E-state index contributed by atoms with van der Waals surface area (Å²) in [7, 11) is 0. The molecule has 5 nitrogen and oxygen atoms in total. The molecule has 0 radical (unpaired) electrons. The summed E-state index contributed by atoms with van der Waals surface area (Å²) in [6.07, 6.45) is 0.821. The number of rotatable bonds is 6. The molecule has 1 aliphatic rings. The monoisotopic (exact) mass is 398 g/mol. The van der Waals surface area contributed by atoms with Gasteiger partial charge in [-0.3, -0.25) is 9.59 Å². The molecular weight excluding hydrogens is 383 g/mol. The average molecular weight is 399 g/mol. The normalized spacial score (nSPS) is 17.0. The van der Waals surface area contributed by atoms with Gasteiger partial charge in [0.15, 0.2) is 0 Å². The number of hydrogen-bond donors (Lipinski definition) is 1. The maximum atomic E-state index is 12.1. The molecule has 0 saturated heterocycles. The van der Waals surface area contributed by atoms with Crippen LogP contribution in [-0.2, 0) is 14.3 Å². The van der Waals surface area contributed by atoms with Gasteiger partial charge in [-0.05, 0) is 18.1 Å². The number of hydrogen-bond acceptors (Lipinski definition) is 5. The van der Waals surface area contributed by atoms with Crippen LogP contribution in [0.1, 0.15) is 31.2 Å². The van der Waals surface area contributed by atoms with Crippen molar-refractivity contribution >= 4 is 46.8 Å². The highest BCUT2D eigenvalue weighted by atomic mass is 35.5. The lowest BCUT2D eigenvalue weighted by atomic mass is 9.87. The lowest BCUT2D eigenvalue weighted by molar-refractivity contribution is -0.140. The molecule has 0 unspecified atom stereocenters. The lowest BCUT2D eigenvalue weighted by Crippen LogP contribution is -2.31. The summed E-state index contributed by atoms with van der Waals surface area (Å²) in [6.45, 7) is 2.24. The van der Waals surface area contributed by atoms with Crippen molar-refractivity contribution in [1.82, 2.24) is 5.32 Å². The van der Waals surface area contributed by atoms with Gasteiger partial charge in [0.2, 0.25) is 5.91 Å². The molecule has 2 rings (SSSR count). The molecule has 1 aromatic carbocycles. The van der Waals surface area contributed by atoms with Crippen LogP contribution in [0.2, 0.25) is 10.0 Å². The Kier molecular flexibility index (Phi) is 7.18. The first-order chi connectivity index (χ1) is 12.0. The highest BCUT2D eigenvalue weighted by molar-refractivity contribution is 8.03. The van der Waals surface area contributed by atoms with E-state index in [4.69, 9.17) is 27.9 Å². The highest BCUT2D eigenvalue weighted by Crippen LogP contribution is 2.40. The SMILES string of the molecule is CCCOC(=O)CSC1=C(C#N)[C@@H](c2cccc(Cl)c2Cl)CC(=O)N1. The zero-order chi connectivity index (χ0) is 18.4. The number of benzene rings is 1. The Hall–Kier alpha value is -1.68. The average Bonchev–Trinajstić information content (AvgIpc) is 2.60. The molecule has 25 heavy (non-hydrogen) atoms. The van der Waals surface area contributed by atoms with Crippen molar-refractivity contribution in [2.75, 3.05) is 12.4 Å². The summed E-state index contributed by atoms with van der Waals surface area (Å²) in [4.78, 5) is 23.7. The van der Waals surface area contributed by atoms with E-state index in [1.54, 1.807) is 18.2 Å². The second-order valence-corrected chi connectivity index (χ2v) is 7.08. The molecule has 1 amide bonds. The number of ether oxygens (including phenoxy) is 1. The Morgan fingerprint density at radius 3 is 2.92 bits per heavy atom. The summed E-state index contributed by atoms with van der Waals surface area (Å²) in [5.41, 5.74) is 0.976. The van der Waals surface area contributed by atoms with Crippen molar-refractivity contribution in [3.8, 4) is 6.07 Å². The molecular formula is C17H16Cl2N2O3S. The molecule has 8 heteroatoms. The fraction of sp³-hybridized carbons (Fsp3) is 0.353. The van der Waals surface area contributed by atoms with Gasteiger partial charge in [-0.15, -0.1) is 0 Å². The van der Waals surface area contributed by atoms with E-state index in [9.17, 15) is 14.9 Å². The molecule has 0 bridgehead atoms. The predicted molar refractivity (Wildman–Crippen MR) is 98.3 cm³/mol. The Balaban J connectivity index is 2.28. The quantitative estimate of drug-likeness (QED) is 0.731. The molecule has 0 saturated carbocycles. The largest absolute Gasteiger partial charge is 0.465 e. The topological polar surface area (TPSA) is 79.2 Å². The van der Waals surface area contributed by atoms with Gasteiger partial charge < -0.3 is 10.1 Å². The van der Waals surface area contributed by atoms with Gasteiger partial charge in [-0.1, -0.05) is 54.0 Å². The molecule has 1 N–H and O–H groups in total. The summed E-state index contributed by atoms with van der Waals surface area (Å²) in [6, 6.07) is 7.24. The third-order valence-corrected chi connectivity index (χ3v) is 5.34. The van der Waals surface area contributed by atoms with Crippen molar-refractivity contribution in [2.45, 2.75) is 25.7 Å². The minimum absolute atomic E-state index is 0.0107. The second kappa shape index (κ2) is 9.14. The summed E-state index contributed by atoms with van der Waals surface area (Å²) >= 11 is 13.4. The van der Waals surface area contributed by atoms with Gasteiger partial charge in [0.05, 0.1) is 39.1 Å². The number of nitrogens with one attached hydrogen (secondary N) is 1. The van der Waals surface area contributed by atoms with E-state index in [0.717, 1.165) is 18.2 Å². The van der Waals surface area contributed by atoms with Crippen molar-refractivity contribution in [3.63, 3.8) is 0 Å². The Bertz CT molecular complexity index is 759. The fourth-order valence-corrected chi connectivity index (χ4v) is 3.69. The fourth-order valence-electron chi connectivity index (χ4n) is 2.38. The number of carbonyl (C=O) groups is 2. The van der Waals surface area contributed by atoms with Gasteiger partial charge >= 0.3 is 5.97 Å². The van der Waals surface area contributed by atoms with E-state index in [0.29, 0.717) is 32.8 Å². The maximum absolute atomic E-state index is 12.1. The molecule has 1 heterocycles. The molecule has 0 fully saturated rings. The van der Waals surface area contributed by atoms with Crippen LogP contribution in [0.15, 0.2) is 28.8 Å². The smallest absolute Gasteiger partial charge is 0.316 e. The van der Waals surface area contributed by atoms with Crippen molar-refractivity contribution in [2.24, 2.45) is 0 Å². The van der Waals surface area contributed by atoms with Crippen molar-refractivity contribution in [3.05, 3.63) is 44.4 Å². The van der Waals surface area contributed by atoms with E-state index in [1.807, 2.05) is 6.92 Å². The van der Waals surface area contributed by atoms with Gasteiger partial charge in [-0.2, -0.15) is 5.26 Å². The zero-order valence-corrected chi connectivity index (χ0v) is 15.8. The van der Waals surface area contributed by atoms with Crippen LogP contribution in [0, 0.1) is 11.3 Å². The van der Waals surface area contributed by atoms with Crippen LogP contribution < -0.4 is 5.32 Å². The van der Waals surface area contributed by atoms with E-state index in [2.05, 4.69) is 11.4 Å². The van der Waals surface area contributed by atoms with Gasteiger partial charge in [-0.25, -0.2) is 0 Å². The zero-order valence-electron chi connectivity index (χ0n) is 13.5. The van der Waals surface area contributed by atoms with Crippen LogP contribution in [0.3, 0.4) is 0 Å². The molecule has 0 aliphatic carbocycles. The number of halogens is 2. The number of nitriles is 1. The standard InChI is InChI=1S/C17H16Cl2N2O3S/c1-2-6-24-15(23)9-25-17-12(8-20)11(7-14(22)21-17)10-4-3-5-13(18)16(10)19/h3-5,11H,2,6-7,9H2,1H3,(H,21,22)/t11-/m1/s1. The molecule has 132 valence electrons. The van der Waals surface area contributed by atoms with Gasteiger partial charge in [0, 0.05) is 12.3 Å². The summed E-state index contributed by atoms with van der Waals surface area (Å²) < 4.78 is 5.01. The first kappa shape index (κ1) is 19.6. The van der Waals surface area contributed by atoms with Crippen molar-refractivity contribution in [1.29, 1.82) is 5.26 Å². The van der Waals surface area contributed by atoms with Crippen molar-refractivity contribution < 1.29 is 14.3 Å². The van der Waals surface area contributed by atoms with Gasteiger partial charge in [0.1, 0.15) is 0 Å². The minimum Gasteiger partial charge on any atom is -0.465 e. The second-order valence-electron chi connectivity index (χ2n) is 5.31. The number of allylic oxidation sites excluding steroid dienone is 1. The molecule has 0 aromatic heterocycles. The summed E-state index contributed by atoms with van der Waals surface area (Å²) in [5.74, 6) is -1.13. The lowest BCUT2D eigenvalue weighted by Gasteiger charge is -2.25. The van der Waals surface area contributed by atoms with Crippen LogP contribution in [-0.4, -0.2) is 24.2 Å². The third-order valence-electron chi connectivity index (χ3n) is 3.51. The predicted octanol–water partition coefficient (Wildman–Crippen LogP) is 4.02. The first-order valence-electron chi connectivity index (χ1n) is 7.64. The molecule has 1 aromatic rings. The number of amides is 1. The number of thioether (sulfide) groups is 1. The van der Waals surface area contributed by atoms with Crippen LogP contribution in [0.5, 0.6) is 0 Å². The van der Waals surface area contributed by atoms with Gasteiger partial charge in [0.25, 0.3) is 0 Å². The van der Waals surface area contributed by atoms with Crippen LogP contribution in [0.25, 0.3) is 0 Å². The Morgan fingerprint density at radius 2 is 2.24 bits per heavy atom. The number of esters is 1. The highest BCUT2D eigenvalue weighted by Gasteiger charge is 2.31. The first-order valence-corrected chi connectivity index (χ1v) is 9.38. The Labute approximate surface area is 160 Å². The molecule has 1 atom stereocenters. The van der Waals surface area contributed by atoms with E-state index < -0.39 is 11.9 Å². The number of carbonyl (C=O) groups excluding carboxylic acids is 2.